The maximum absolute atomic E-state index is 13.8. The maximum Gasteiger partial charge on any atom is 0.191 e. The molecule has 0 bridgehead atoms. The van der Waals surface area contributed by atoms with Gasteiger partial charge in [-0.3, -0.25) is 4.68 Å². The van der Waals surface area contributed by atoms with Crippen LogP contribution in [0, 0.1) is 11.6 Å². The van der Waals surface area contributed by atoms with Gasteiger partial charge in [-0.05, 0) is 54.3 Å². The van der Waals surface area contributed by atoms with E-state index in [9.17, 15) is 8.78 Å². The molecule has 0 amide bonds. The Morgan fingerprint density at radius 3 is 2.62 bits per heavy atom. The molecule has 0 atom stereocenters. The Morgan fingerprint density at radius 2 is 1.86 bits per heavy atom. The van der Waals surface area contributed by atoms with Crippen molar-refractivity contribution < 1.29 is 8.78 Å². The number of aliphatic imine (C=N–C) groups is 1. The molecule has 0 aliphatic rings. The van der Waals surface area contributed by atoms with Gasteiger partial charge < -0.3 is 10.6 Å². The lowest BCUT2D eigenvalue weighted by Gasteiger charge is -2.13. The van der Waals surface area contributed by atoms with Gasteiger partial charge in [-0.25, -0.2) is 13.8 Å². The molecule has 152 valence electrons. The molecule has 3 aromatic rings. The zero-order valence-corrected chi connectivity index (χ0v) is 16.4. The number of aromatic nitrogens is 2. The molecule has 2 aromatic carbocycles. The first-order valence-electron chi connectivity index (χ1n) is 9.66. The van der Waals surface area contributed by atoms with Gasteiger partial charge in [0.25, 0.3) is 0 Å². The van der Waals surface area contributed by atoms with E-state index in [0.717, 1.165) is 23.3 Å². The Balaban J connectivity index is 1.63. The molecule has 1 aromatic heterocycles. The number of hydrogen-bond donors (Lipinski definition) is 2. The van der Waals surface area contributed by atoms with Crippen molar-refractivity contribution in [1.82, 2.24) is 20.4 Å². The second kappa shape index (κ2) is 10.4. The van der Waals surface area contributed by atoms with Crippen molar-refractivity contribution in [1.29, 1.82) is 0 Å². The number of nitrogens with one attached hydrogen (secondary N) is 2. The largest absolute Gasteiger partial charge is 0.357 e. The van der Waals surface area contributed by atoms with Gasteiger partial charge >= 0.3 is 0 Å². The van der Waals surface area contributed by atoms with E-state index in [0.29, 0.717) is 44.1 Å². The van der Waals surface area contributed by atoms with Crippen LogP contribution in [0.15, 0.2) is 65.9 Å². The maximum atomic E-state index is 13.8. The Bertz CT molecular complexity index is 938. The van der Waals surface area contributed by atoms with Gasteiger partial charge in [-0.1, -0.05) is 24.3 Å². The van der Waals surface area contributed by atoms with E-state index in [1.54, 1.807) is 6.20 Å². The minimum Gasteiger partial charge on any atom is -0.357 e. The van der Waals surface area contributed by atoms with Crippen LogP contribution in [0.5, 0.6) is 0 Å². The fourth-order valence-electron chi connectivity index (χ4n) is 2.99. The molecule has 0 aliphatic carbocycles. The Kier molecular flexibility index (Phi) is 7.33. The predicted octanol–water partition coefficient (Wildman–Crippen LogP) is 3.51. The first kappa shape index (κ1) is 20.5. The van der Waals surface area contributed by atoms with Crippen LogP contribution in [-0.2, 0) is 19.5 Å². The summed E-state index contributed by atoms with van der Waals surface area (Å²) in [6.45, 7) is 4.31. The zero-order valence-electron chi connectivity index (χ0n) is 16.4. The highest BCUT2D eigenvalue weighted by Gasteiger charge is 2.06. The molecular weight excluding hydrogens is 372 g/mol. The van der Waals surface area contributed by atoms with Gasteiger partial charge in [0.15, 0.2) is 5.96 Å². The average molecular weight is 397 g/mol. The smallest absolute Gasteiger partial charge is 0.191 e. The summed E-state index contributed by atoms with van der Waals surface area (Å²) in [5.74, 6) is -0.198. The molecular formula is C22H25F2N5. The summed E-state index contributed by atoms with van der Waals surface area (Å²) in [5.41, 5.74) is 2.60. The van der Waals surface area contributed by atoms with E-state index >= 15 is 0 Å². The molecule has 29 heavy (non-hydrogen) atoms. The molecule has 3 rings (SSSR count). The third-order valence-electron chi connectivity index (χ3n) is 4.46. The molecule has 0 radical (unpaired) electrons. The van der Waals surface area contributed by atoms with Crippen LogP contribution >= 0.6 is 0 Å². The second-order valence-corrected chi connectivity index (χ2v) is 6.58. The van der Waals surface area contributed by atoms with Gasteiger partial charge in [0.2, 0.25) is 0 Å². The molecule has 0 saturated carbocycles. The molecule has 1 heterocycles. The normalized spacial score (nSPS) is 11.5. The third-order valence-corrected chi connectivity index (χ3v) is 4.46. The molecule has 0 fully saturated rings. The summed E-state index contributed by atoms with van der Waals surface area (Å²) in [7, 11) is 0. The van der Waals surface area contributed by atoms with Crippen molar-refractivity contribution in [2.24, 2.45) is 4.99 Å². The van der Waals surface area contributed by atoms with Crippen LogP contribution in [-0.4, -0.2) is 28.8 Å². The highest BCUT2D eigenvalue weighted by Crippen LogP contribution is 2.12. The van der Waals surface area contributed by atoms with Crippen LogP contribution in [0.4, 0.5) is 8.78 Å². The van der Waals surface area contributed by atoms with Crippen molar-refractivity contribution in [3.8, 4) is 0 Å². The van der Waals surface area contributed by atoms with Crippen LogP contribution < -0.4 is 10.6 Å². The van der Waals surface area contributed by atoms with Crippen LogP contribution in [0.3, 0.4) is 0 Å². The van der Waals surface area contributed by atoms with Crippen molar-refractivity contribution in [3.63, 3.8) is 0 Å². The summed E-state index contributed by atoms with van der Waals surface area (Å²) in [5, 5.41) is 10.6. The highest BCUT2D eigenvalue weighted by molar-refractivity contribution is 5.79. The van der Waals surface area contributed by atoms with E-state index in [1.165, 1.54) is 6.07 Å². The molecule has 2 N–H and O–H groups in total. The Hall–Kier alpha value is -3.22. The van der Waals surface area contributed by atoms with E-state index in [2.05, 4.69) is 26.8 Å². The Labute approximate surface area is 169 Å². The first-order chi connectivity index (χ1) is 14.2. The molecule has 0 saturated heterocycles. The van der Waals surface area contributed by atoms with Gasteiger partial charge in [0.05, 0.1) is 13.1 Å². The SMILES string of the molecule is CCNC(=NCc1ccccc1Cn1cccn1)NCCc1cc(F)ccc1F. The first-order valence-corrected chi connectivity index (χ1v) is 9.66. The standard InChI is InChI=1S/C22H25F2N5/c1-2-25-22(26-12-10-17-14-20(23)8-9-21(17)24)27-15-18-6-3-4-7-19(18)16-29-13-5-11-28-29/h3-9,11,13-14H,2,10,12,15-16H2,1H3,(H2,25,26,27). The van der Waals surface area contributed by atoms with Gasteiger partial charge in [-0.2, -0.15) is 5.10 Å². The van der Waals surface area contributed by atoms with Gasteiger partial charge in [0.1, 0.15) is 11.6 Å². The van der Waals surface area contributed by atoms with Gasteiger partial charge in [0, 0.05) is 25.5 Å². The lowest BCUT2D eigenvalue weighted by Crippen LogP contribution is -2.38. The fourth-order valence-corrected chi connectivity index (χ4v) is 2.99. The lowest BCUT2D eigenvalue weighted by molar-refractivity contribution is 0.583. The predicted molar refractivity (Wildman–Crippen MR) is 111 cm³/mol. The van der Waals surface area contributed by atoms with Crippen molar-refractivity contribution in [2.45, 2.75) is 26.4 Å². The number of hydrogen-bond acceptors (Lipinski definition) is 2. The highest BCUT2D eigenvalue weighted by atomic mass is 19.1. The molecule has 0 unspecified atom stereocenters. The molecule has 5 nitrogen and oxygen atoms in total. The summed E-state index contributed by atoms with van der Waals surface area (Å²) in [6, 6.07) is 13.5. The van der Waals surface area contributed by atoms with Gasteiger partial charge in [-0.15, -0.1) is 0 Å². The van der Waals surface area contributed by atoms with Crippen molar-refractivity contribution >= 4 is 5.96 Å². The molecule has 7 heteroatoms. The quantitative estimate of drug-likeness (QED) is 0.452. The summed E-state index contributed by atoms with van der Waals surface area (Å²) in [4.78, 5) is 4.64. The van der Waals surface area contributed by atoms with Crippen LogP contribution in [0.2, 0.25) is 0 Å². The zero-order chi connectivity index (χ0) is 20.5. The average Bonchev–Trinajstić information content (AvgIpc) is 3.23. The van der Waals surface area contributed by atoms with Crippen molar-refractivity contribution in [3.05, 3.63) is 89.2 Å². The topological polar surface area (TPSA) is 54.2 Å². The van der Waals surface area contributed by atoms with Crippen LogP contribution in [0.25, 0.3) is 0 Å². The monoisotopic (exact) mass is 397 g/mol. The second-order valence-electron chi connectivity index (χ2n) is 6.58. The van der Waals surface area contributed by atoms with E-state index in [1.807, 2.05) is 42.1 Å². The minimum absolute atomic E-state index is 0.345. The van der Waals surface area contributed by atoms with Crippen LogP contribution in [0.1, 0.15) is 23.6 Å². The summed E-state index contributed by atoms with van der Waals surface area (Å²) >= 11 is 0. The Morgan fingerprint density at radius 1 is 1.03 bits per heavy atom. The van der Waals surface area contributed by atoms with Crippen molar-refractivity contribution in [2.75, 3.05) is 13.1 Å². The summed E-state index contributed by atoms with van der Waals surface area (Å²) < 4.78 is 28.9. The number of guanidine groups is 1. The van der Waals surface area contributed by atoms with E-state index < -0.39 is 11.6 Å². The summed E-state index contributed by atoms with van der Waals surface area (Å²) in [6.07, 6.45) is 4.05. The number of nitrogens with zero attached hydrogens (tertiary/aromatic N) is 3. The van der Waals surface area contributed by atoms with E-state index in [4.69, 9.17) is 0 Å². The minimum atomic E-state index is -0.434. The number of benzene rings is 2. The molecule has 0 aliphatic heterocycles. The number of rotatable bonds is 8. The molecule has 0 spiro atoms. The number of halogens is 2. The van der Waals surface area contributed by atoms with E-state index in [-0.39, 0.29) is 0 Å². The fraction of sp³-hybridized carbons (Fsp3) is 0.273. The lowest BCUT2D eigenvalue weighted by atomic mass is 10.1. The third kappa shape index (κ3) is 6.14.